The first-order valence-corrected chi connectivity index (χ1v) is 11.1. The highest BCUT2D eigenvalue weighted by atomic mass is 32.2. The Morgan fingerprint density at radius 3 is 2.48 bits per heavy atom. The number of halogens is 1. The fourth-order valence-electron chi connectivity index (χ4n) is 3.25. The molecule has 9 heteroatoms. The average molecular weight is 413 g/mol. The van der Waals surface area contributed by atoms with Crippen LogP contribution < -0.4 is 10.6 Å². The Morgan fingerprint density at radius 2 is 1.83 bits per heavy atom. The van der Waals surface area contributed by atoms with E-state index in [0.717, 1.165) is 25.5 Å². The summed E-state index contributed by atoms with van der Waals surface area (Å²) in [5.41, 5.74) is 6.78. The third kappa shape index (κ3) is 3.91. The Balaban J connectivity index is 1.84. The van der Waals surface area contributed by atoms with Gasteiger partial charge in [0.15, 0.2) is 15.7 Å². The lowest BCUT2D eigenvalue weighted by Gasteiger charge is -2.37. The molecule has 1 aliphatic rings. The van der Waals surface area contributed by atoms with Gasteiger partial charge in [0, 0.05) is 18.0 Å². The van der Waals surface area contributed by atoms with E-state index in [0.29, 0.717) is 5.69 Å². The number of nitrogens with two attached hydrogens (primary N) is 1. The molecule has 1 aromatic heterocycles. The van der Waals surface area contributed by atoms with Crippen LogP contribution in [0.2, 0.25) is 0 Å². The van der Waals surface area contributed by atoms with Crippen molar-refractivity contribution in [3.63, 3.8) is 0 Å². The largest absolute Gasteiger partial charge is 0.368 e. The molecular formula is C20H20FN5O2S. The number of benzene rings is 2. The molecule has 0 unspecified atom stereocenters. The number of rotatable bonds is 5. The van der Waals surface area contributed by atoms with E-state index in [1.165, 1.54) is 6.07 Å². The van der Waals surface area contributed by atoms with Crippen LogP contribution in [0.5, 0.6) is 0 Å². The highest BCUT2D eigenvalue weighted by Gasteiger charge is 2.30. The summed E-state index contributed by atoms with van der Waals surface area (Å²) < 4.78 is 38.3. The van der Waals surface area contributed by atoms with E-state index < -0.39 is 15.7 Å². The predicted octanol–water partition coefficient (Wildman–Crippen LogP) is 3.35. The molecule has 0 radical (unpaired) electrons. The molecule has 1 heterocycles. The first-order chi connectivity index (χ1) is 13.8. The molecule has 0 atom stereocenters. The van der Waals surface area contributed by atoms with Crippen LogP contribution in [-0.4, -0.2) is 35.7 Å². The highest BCUT2D eigenvalue weighted by Crippen LogP contribution is 2.36. The van der Waals surface area contributed by atoms with E-state index in [1.54, 1.807) is 42.5 Å². The van der Waals surface area contributed by atoms with Gasteiger partial charge < -0.3 is 10.6 Å². The second kappa shape index (κ2) is 7.40. The minimum absolute atomic E-state index is 0.0307. The van der Waals surface area contributed by atoms with Crippen molar-refractivity contribution < 1.29 is 12.8 Å². The summed E-state index contributed by atoms with van der Waals surface area (Å²) in [6.07, 6.45) is 4.03. The Kier molecular flexibility index (Phi) is 4.91. The zero-order valence-corrected chi connectivity index (χ0v) is 16.6. The molecule has 0 spiro atoms. The van der Waals surface area contributed by atoms with Crippen molar-refractivity contribution in [3.05, 3.63) is 54.3 Å². The van der Waals surface area contributed by atoms with Crippen molar-refractivity contribution in [3.8, 4) is 11.4 Å². The first-order valence-electron chi connectivity index (χ1n) is 9.19. The third-order valence-electron chi connectivity index (χ3n) is 4.93. The smallest absolute Gasteiger partial charge is 0.235 e. The highest BCUT2D eigenvalue weighted by molar-refractivity contribution is 7.90. The molecule has 1 saturated carbocycles. The van der Waals surface area contributed by atoms with E-state index >= 15 is 0 Å². The molecule has 0 amide bonds. The maximum Gasteiger partial charge on any atom is 0.235 e. The maximum atomic E-state index is 14.3. The van der Waals surface area contributed by atoms with E-state index in [9.17, 15) is 12.8 Å². The van der Waals surface area contributed by atoms with Crippen LogP contribution >= 0.6 is 0 Å². The topological polar surface area (TPSA) is 102 Å². The molecule has 2 aromatic carbocycles. The van der Waals surface area contributed by atoms with Gasteiger partial charge in [-0.1, -0.05) is 18.2 Å². The second-order valence-corrected chi connectivity index (χ2v) is 9.04. The van der Waals surface area contributed by atoms with Gasteiger partial charge in [-0.15, -0.1) is 0 Å². The maximum absolute atomic E-state index is 14.3. The van der Waals surface area contributed by atoms with Gasteiger partial charge in [-0.05, 0) is 49.6 Å². The summed E-state index contributed by atoms with van der Waals surface area (Å²) in [6.45, 7) is 0. The van der Waals surface area contributed by atoms with E-state index in [4.69, 9.17) is 5.73 Å². The molecule has 0 bridgehead atoms. The van der Waals surface area contributed by atoms with Crippen LogP contribution in [0, 0.1) is 5.82 Å². The van der Waals surface area contributed by atoms with Crippen molar-refractivity contribution in [1.82, 2.24) is 15.0 Å². The summed E-state index contributed by atoms with van der Waals surface area (Å²) >= 11 is 0. The van der Waals surface area contributed by atoms with Gasteiger partial charge in [0.05, 0.1) is 10.5 Å². The quantitative estimate of drug-likeness (QED) is 0.684. The van der Waals surface area contributed by atoms with E-state index in [-0.39, 0.29) is 34.2 Å². The molecule has 29 heavy (non-hydrogen) atoms. The van der Waals surface area contributed by atoms with Gasteiger partial charge in [0.25, 0.3) is 0 Å². The van der Waals surface area contributed by atoms with E-state index in [1.807, 2.05) is 4.90 Å². The fraction of sp³-hybridized carbons (Fsp3) is 0.250. The van der Waals surface area contributed by atoms with Gasteiger partial charge in [-0.3, -0.25) is 0 Å². The number of hydrogen-bond acceptors (Lipinski definition) is 7. The van der Waals surface area contributed by atoms with Crippen molar-refractivity contribution in [2.24, 2.45) is 0 Å². The van der Waals surface area contributed by atoms with Crippen LogP contribution in [0.15, 0.2) is 53.4 Å². The van der Waals surface area contributed by atoms with Crippen molar-refractivity contribution in [1.29, 1.82) is 0 Å². The number of hydrogen-bond donors (Lipinski definition) is 1. The molecule has 2 N–H and O–H groups in total. The lowest BCUT2D eigenvalue weighted by molar-refractivity contribution is 0.407. The zero-order chi connectivity index (χ0) is 20.6. The van der Waals surface area contributed by atoms with E-state index in [2.05, 4.69) is 15.0 Å². The summed E-state index contributed by atoms with van der Waals surface area (Å²) in [6, 6.07) is 12.9. The van der Waals surface area contributed by atoms with Gasteiger partial charge in [-0.25, -0.2) is 12.8 Å². The lowest BCUT2D eigenvalue weighted by Crippen LogP contribution is -2.38. The number of nitrogen functional groups attached to an aromatic ring is 1. The normalized spacial score (nSPS) is 14.4. The molecular weight excluding hydrogens is 393 g/mol. The molecule has 4 rings (SSSR count). The summed E-state index contributed by atoms with van der Waals surface area (Å²) in [5, 5.41) is 0. The summed E-state index contributed by atoms with van der Waals surface area (Å²) in [4.78, 5) is 14.9. The van der Waals surface area contributed by atoms with Gasteiger partial charge >= 0.3 is 0 Å². The molecule has 1 fully saturated rings. The van der Waals surface area contributed by atoms with Crippen molar-refractivity contribution >= 4 is 27.4 Å². The molecule has 0 saturated heterocycles. The Bertz CT molecular complexity index is 1170. The Hall–Kier alpha value is -3.07. The Labute approximate surface area is 168 Å². The van der Waals surface area contributed by atoms with Crippen molar-refractivity contribution in [2.45, 2.75) is 30.2 Å². The zero-order valence-electron chi connectivity index (χ0n) is 15.8. The van der Waals surface area contributed by atoms with Gasteiger partial charge in [-0.2, -0.15) is 15.0 Å². The number of anilines is 3. The van der Waals surface area contributed by atoms with Crippen LogP contribution in [0.3, 0.4) is 0 Å². The molecule has 7 nitrogen and oxygen atoms in total. The Morgan fingerprint density at radius 1 is 1.07 bits per heavy atom. The fourth-order valence-corrected chi connectivity index (χ4v) is 3.91. The number of nitrogens with zero attached hydrogens (tertiary/aromatic N) is 4. The first kappa shape index (κ1) is 19.3. The molecule has 150 valence electrons. The molecule has 1 aliphatic carbocycles. The minimum atomic E-state index is -3.37. The van der Waals surface area contributed by atoms with Crippen LogP contribution in [-0.2, 0) is 9.84 Å². The number of aromatic nitrogens is 3. The van der Waals surface area contributed by atoms with Crippen LogP contribution in [0.4, 0.5) is 22.0 Å². The molecule has 3 aromatic rings. The lowest BCUT2D eigenvalue weighted by atomic mass is 9.91. The second-order valence-electron chi connectivity index (χ2n) is 7.02. The predicted molar refractivity (Wildman–Crippen MR) is 109 cm³/mol. The SMILES string of the molecule is CS(=O)(=O)c1cccc(N(c2nc(N)nc(-c3ccccc3F)n2)C2CCC2)c1. The van der Waals surface area contributed by atoms with Gasteiger partial charge in [0.1, 0.15) is 5.82 Å². The standard InChI is InChI=1S/C20H20FN5O2S/c1-29(27,28)15-9-5-8-14(12-15)26(13-6-4-7-13)20-24-18(23-19(22)25-20)16-10-2-3-11-17(16)21/h2-3,5,8-13H,4,6-7H2,1H3,(H2,22,23,24,25). The summed E-state index contributed by atoms with van der Waals surface area (Å²) in [7, 11) is -3.37. The van der Waals surface area contributed by atoms with Crippen LogP contribution in [0.1, 0.15) is 19.3 Å². The average Bonchev–Trinajstić information content (AvgIpc) is 2.63. The van der Waals surface area contributed by atoms with Crippen molar-refractivity contribution in [2.75, 3.05) is 16.9 Å². The molecule has 0 aliphatic heterocycles. The summed E-state index contributed by atoms with van der Waals surface area (Å²) in [5.74, 6) is -0.0875. The monoisotopic (exact) mass is 413 g/mol. The third-order valence-corrected chi connectivity index (χ3v) is 6.05. The van der Waals surface area contributed by atoms with Gasteiger partial charge in [0.2, 0.25) is 11.9 Å². The minimum Gasteiger partial charge on any atom is -0.368 e. The number of sulfone groups is 1. The van der Waals surface area contributed by atoms with Crippen LogP contribution in [0.25, 0.3) is 11.4 Å².